The van der Waals surface area contributed by atoms with Gasteiger partial charge in [-0.15, -0.1) is 11.3 Å². The first-order chi connectivity index (χ1) is 13.3. The average Bonchev–Trinajstić information content (AvgIpc) is 3.08. The van der Waals surface area contributed by atoms with Gasteiger partial charge in [-0.05, 0) is 35.9 Å². The number of nitrogens with zero attached hydrogens (tertiary/aromatic N) is 2. The van der Waals surface area contributed by atoms with Crippen LogP contribution in [0.1, 0.15) is 5.56 Å². The number of anilines is 2. The Morgan fingerprint density at radius 3 is 2.50 bits per heavy atom. The molecule has 2 aromatic heterocycles. The molecule has 0 aliphatic carbocycles. The molecule has 3 nitrogen and oxygen atoms in total. The number of benzene rings is 2. The third-order valence-corrected chi connectivity index (χ3v) is 5.72. The molecule has 0 aliphatic heterocycles. The SMILES string of the molecule is FC(F)(F)c1cc(Cl)ccc1Nc1ncnc2scc(-c3ccc(Br)cc3)c12. The fraction of sp³-hybridized carbons (Fsp3) is 0.0526. The molecule has 0 saturated carbocycles. The van der Waals surface area contributed by atoms with Crippen molar-refractivity contribution >= 4 is 60.6 Å². The summed E-state index contributed by atoms with van der Waals surface area (Å²) in [6.45, 7) is 0. The summed E-state index contributed by atoms with van der Waals surface area (Å²) in [6.07, 6.45) is -3.22. The third kappa shape index (κ3) is 3.72. The summed E-state index contributed by atoms with van der Waals surface area (Å²) in [7, 11) is 0. The minimum absolute atomic E-state index is 0.0109. The summed E-state index contributed by atoms with van der Waals surface area (Å²) in [4.78, 5) is 9.12. The molecule has 0 amide bonds. The molecule has 9 heteroatoms. The van der Waals surface area contributed by atoms with E-state index in [1.165, 1.54) is 29.8 Å². The van der Waals surface area contributed by atoms with Gasteiger partial charge in [0.15, 0.2) is 0 Å². The molecule has 0 atom stereocenters. The maximum Gasteiger partial charge on any atom is 0.418 e. The normalized spacial score (nSPS) is 11.8. The molecular formula is C19H10BrClF3N3S. The van der Waals surface area contributed by atoms with Gasteiger partial charge in [-0.2, -0.15) is 13.2 Å². The Bertz CT molecular complexity index is 1160. The molecule has 0 radical (unpaired) electrons. The van der Waals surface area contributed by atoms with Gasteiger partial charge in [-0.3, -0.25) is 0 Å². The first-order valence-electron chi connectivity index (χ1n) is 7.95. The molecule has 0 unspecified atom stereocenters. The van der Waals surface area contributed by atoms with Gasteiger partial charge in [0.2, 0.25) is 0 Å². The van der Waals surface area contributed by atoms with Crippen LogP contribution in [0.4, 0.5) is 24.7 Å². The lowest BCUT2D eigenvalue weighted by molar-refractivity contribution is -0.136. The quantitative estimate of drug-likeness (QED) is 0.326. The zero-order chi connectivity index (χ0) is 19.9. The molecular weight excluding hydrogens is 475 g/mol. The highest BCUT2D eigenvalue weighted by Gasteiger charge is 2.34. The number of nitrogens with one attached hydrogen (secondary N) is 1. The second kappa shape index (κ2) is 7.35. The molecule has 0 fully saturated rings. The number of rotatable bonds is 3. The highest BCUT2D eigenvalue weighted by molar-refractivity contribution is 9.10. The van der Waals surface area contributed by atoms with Crippen molar-refractivity contribution in [2.75, 3.05) is 5.32 Å². The Morgan fingerprint density at radius 2 is 1.79 bits per heavy atom. The molecule has 142 valence electrons. The summed E-state index contributed by atoms with van der Waals surface area (Å²) in [5, 5.41) is 5.42. The minimum atomic E-state index is -4.55. The first kappa shape index (κ1) is 19.2. The monoisotopic (exact) mass is 483 g/mol. The Hall–Kier alpha value is -2.16. The lowest BCUT2D eigenvalue weighted by Gasteiger charge is -2.15. The second-order valence-electron chi connectivity index (χ2n) is 5.87. The van der Waals surface area contributed by atoms with Crippen LogP contribution in [-0.2, 0) is 6.18 Å². The van der Waals surface area contributed by atoms with Crippen molar-refractivity contribution < 1.29 is 13.2 Å². The van der Waals surface area contributed by atoms with E-state index in [0.717, 1.165) is 21.7 Å². The van der Waals surface area contributed by atoms with Crippen LogP contribution in [0.2, 0.25) is 5.02 Å². The van der Waals surface area contributed by atoms with E-state index >= 15 is 0 Å². The Morgan fingerprint density at radius 1 is 1.04 bits per heavy atom. The largest absolute Gasteiger partial charge is 0.418 e. The van der Waals surface area contributed by atoms with Gasteiger partial charge in [-0.1, -0.05) is 39.7 Å². The summed E-state index contributed by atoms with van der Waals surface area (Å²) >= 11 is 10.6. The van der Waals surface area contributed by atoms with Crippen molar-refractivity contribution in [1.29, 1.82) is 0 Å². The zero-order valence-electron chi connectivity index (χ0n) is 13.9. The van der Waals surface area contributed by atoms with Crippen molar-refractivity contribution in [1.82, 2.24) is 9.97 Å². The molecule has 0 bridgehead atoms. The zero-order valence-corrected chi connectivity index (χ0v) is 17.0. The topological polar surface area (TPSA) is 37.8 Å². The molecule has 0 spiro atoms. The van der Waals surface area contributed by atoms with Crippen LogP contribution in [0, 0.1) is 0 Å². The van der Waals surface area contributed by atoms with Crippen LogP contribution in [-0.4, -0.2) is 9.97 Å². The van der Waals surface area contributed by atoms with Gasteiger partial charge in [0.1, 0.15) is 17.0 Å². The summed E-state index contributed by atoms with van der Waals surface area (Å²) < 4.78 is 41.2. The number of halogens is 5. The van der Waals surface area contributed by atoms with Crippen LogP contribution in [0.15, 0.2) is 58.6 Å². The third-order valence-electron chi connectivity index (χ3n) is 4.07. The van der Waals surface area contributed by atoms with Crippen LogP contribution in [0.5, 0.6) is 0 Å². The highest BCUT2D eigenvalue weighted by Crippen LogP contribution is 2.41. The van der Waals surface area contributed by atoms with E-state index < -0.39 is 11.7 Å². The van der Waals surface area contributed by atoms with E-state index in [2.05, 4.69) is 31.2 Å². The predicted molar refractivity (Wildman–Crippen MR) is 110 cm³/mol. The average molecular weight is 485 g/mol. The highest BCUT2D eigenvalue weighted by atomic mass is 79.9. The van der Waals surface area contributed by atoms with Gasteiger partial charge in [-0.25, -0.2) is 9.97 Å². The number of alkyl halides is 3. The number of thiophene rings is 1. The van der Waals surface area contributed by atoms with Crippen molar-refractivity contribution in [2.45, 2.75) is 6.18 Å². The molecule has 4 aromatic rings. The number of fused-ring (bicyclic) bond motifs is 1. The van der Waals surface area contributed by atoms with Gasteiger partial charge < -0.3 is 5.32 Å². The fourth-order valence-corrected chi connectivity index (χ4v) is 4.15. The lowest BCUT2D eigenvalue weighted by atomic mass is 10.1. The molecule has 2 heterocycles. The lowest BCUT2D eigenvalue weighted by Crippen LogP contribution is -2.09. The standard InChI is InChI=1S/C19H10BrClF3N3S/c20-11-3-1-10(2-4-11)13-8-28-18-16(13)17(25-9-26-18)27-15-6-5-12(21)7-14(15)19(22,23)24/h1-9H,(H,25,26,27). The Balaban J connectivity index is 1.85. The van der Waals surface area contributed by atoms with E-state index in [-0.39, 0.29) is 10.7 Å². The van der Waals surface area contributed by atoms with E-state index in [0.29, 0.717) is 16.0 Å². The molecule has 28 heavy (non-hydrogen) atoms. The van der Waals surface area contributed by atoms with Gasteiger partial charge in [0.05, 0.1) is 16.6 Å². The molecule has 1 N–H and O–H groups in total. The summed E-state index contributed by atoms with van der Waals surface area (Å²) in [6, 6.07) is 11.2. The molecule has 0 aliphatic rings. The van der Waals surface area contributed by atoms with Crippen molar-refractivity contribution in [3.05, 3.63) is 69.2 Å². The summed E-state index contributed by atoms with van der Waals surface area (Å²) in [5.41, 5.74) is 0.787. The van der Waals surface area contributed by atoms with Gasteiger partial charge in [0.25, 0.3) is 0 Å². The Labute approximate surface area is 175 Å². The van der Waals surface area contributed by atoms with Crippen molar-refractivity contribution in [2.24, 2.45) is 0 Å². The summed E-state index contributed by atoms with van der Waals surface area (Å²) in [5.74, 6) is 0.303. The Kier molecular flexibility index (Phi) is 5.03. The number of hydrogen-bond donors (Lipinski definition) is 1. The number of aromatic nitrogens is 2. The maximum atomic E-state index is 13.4. The fourth-order valence-electron chi connectivity index (χ4n) is 2.80. The van der Waals surface area contributed by atoms with Crippen molar-refractivity contribution in [3.63, 3.8) is 0 Å². The molecule has 2 aromatic carbocycles. The van der Waals surface area contributed by atoms with Crippen LogP contribution in [0.25, 0.3) is 21.3 Å². The van der Waals surface area contributed by atoms with Gasteiger partial charge in [0, 0.05) is 20.4 Å². The van der Waals surface area contributed by atoms with E-state index in [4.69, 9.17) is 11.6 Å². The van der Waals surface area contributed by atoms with Crippen LogP contribution in [0.3, 0.4) is 0 Å². The second-order valence-corrected chi connectivity index (χ2v) is 8.08. The van der Waals surface area contributed by atoms with Crippen molar-refractivity contribution in [3.8, 4) is 11.1 Å². The van der Waals surface area contributed by atoms with E-state index in [1.54, 1.807) is 0 Å². The maximum absolute atomic E-state index is 13.4. The smallest absolute Gasteiger partial charge is 0.339 e. The number of hydrogen-bond acceptors (Lipinski definition) is 4. The van der Waals surface area contributed by atoms with E-state index in [9.17, 15) is 13.2 Å². The molecule has 4 rings (SSSR count). The van der Waals surface area contributed by atoms with Gasteiger partial charge >= 0.3 is 6.18 Å². The molecule has 0 saturated heterocycles. The van der Waals surface area contributed by atoms with Crippen LogP contribution >= 0.6 is 38.9 Å². The van der Waals surface area contributed by atoms with E-state index in [1.807, 2.05) is 29.6 Å². The predicted octanol–water partition coefficient (Wildman–Crippen LogP) is 7.54. The first-order valence-corrected chi connectivity index (χ1v) is 10.00. The minimum Gasteiger partial charge on any atom is -0.339 e. The van der Waals surface area contributed by atoms with Crippen LogP contribution < -0.4 is 5.32 Å².